The normalized spacial score (nSPS) is 11.4. The van der Waals surface area contributed by atoms with Crippen LogP contribution in [0.25, 0.3) is 11.3 Å². The highest BCUT2D eigenvalue weighted by atomic mass is 32.1. The quantitative estimate of drug-likeness (QED) is 0.834. The maximum Gasteiger partial charge on any atom is 0.139 e. The Bertz CT molecular complexity index is 608. The highest BCUT2D eigenvalue weighted by Crippen LogP contribution is 2.27. The Kier molecular flexibility index (Phi) is 4.80. The molecule has 0 unspecified atom stereocenters. The molecule has 0 aliphatic carbocycles. The number of hydrogen-bond acceptors (Lipinski definition) is 4. The van der Waals surface area contributed by atoms with Crippen LogP contribution < -0.4 is 0 Å². The third kappa shape index (κ3) is 4.16. The van der Waals surface area contributed by atoms with E-state index in [4.69, 9.17) is 9.84 Å². The number of thiazole rings is 1. The summed E-state index contributed by atoms with van der Waals surface area (Å²) in [7, 11) is 0. The van der Waals surface area contributed by atoms with Gasteiger partial charge in [0.15, 0.2) is 0 Å². The molecule has 0 saturated carbocycles. The Morgan fingerprint density at radius 1 is 1.29 bits per heavy atom. The number of aromatic nitrogens is 1. The van der Waals surface area contributed by atoms with E-state index < -0.39 is 0 Å². The molecule has 0 aliphatic heterocycles. The van der Waals surface area contributed by atoms with E-state index in [9.17, 15) is 0 Å². The van der Waals surface area contributed by atoms with Crippen molar-refractivity contribution in [2.24, 2.45) is 5.41 Å². The van der Waals surface area contributed by atoms with Crippen molar-refractivity contribution in [1.29, 1.82) is 0 Å². The Balaban J connectivity index is 2.02. The van der Waals surface area contributed by atoms with Crippen LogP contribution in [-0.4, -0.2) is 10.1 Å². The number of allylic oxidation sites excluding steroid dienone is 1. The molecule has 0 spiro atoms. The molecule has 2 aromatic rings. The fourth-order valence-electron chi connectivity index (χ4n) is 1.66. The number of rotatable bonds is 5. The Morgan fingerprint density at radius 3 is 2.52 bits per heavy atom. The molecule has 0 saturated heterocycles. The molecule has 2 rings (SSSR count). The minimum Gasteiger partial charge on any atom is -0.491 e. The third-order valence-corrected chi connectivity index (χ3v) is 4.01. The largest absolute Gasteiger partial charge is 0.491 e. The maximum atomic E-state index is 9.05. The van der Waals surface area contributed by atoms with Crippen LogP contribution in [0.15, 0.2) is 42.0 Å². The molecule has 112 valence electrons. The van der Waals surface area contributed by atoms with Gasteiger partial charge in [0.25, 0.3) is 0 Å². The van der Waals surface area contributed by atoms with Crippen molar-refractivity contribution < 1.29 is 9.84 Å². The summed E-state index contributed by atoms with van der Waals surface area (Å²) in [5.41, 5.74) is 2.83. The van der Waals surface area contributed by atoms with Crippen molar-refractivity contribution in [1.82, 2.24) is 4.98 Å². The molecule has 1 aromatic carbocycles. The third-order valence-electron chi connectivity index (χ3n) is 3.19. The molecular formula is C17H21NO2S. The molecule has 0 fully saturated rings. The van der Waals surface area contributed by atoms with Gasteiger partial charge in [-0.05, 0) is 5.56 Å². The van der Waals surface area contributed by atoms with Crippen LogP contribution in [0, 0.1) is 5.41 Å². The standard InChI is InChI=1S/C17H21NO2S/c1-12(17(2,3)4)20-10-16-18-15(11-21-16)14-7-5-13(9-19)6-8-14/h5-8,11,19H,1,9-10H2,2-4H3. The Hall–Kier alpha value is -1.65. The fraction of sp³-hybridized carbons (Fsp3) is 0.353. The lowest BCUT2D eigenvalue weighted by atomic mass is 9.95. The average molecular weight is 303 g/mol. The van der Waals surface area contributed by atoms with Crippen LogP contribution in [0.4, 0.5) is 0 Å². The van der Waals surface area contributed by atoms with Gasteiger partial charge in [0.05, 0.1) is 18.1 Å². The molecule has 0 amide bonds. The lowest BCUT2D eigenvalue weighted by Gasteiger charge is -2.21. The molecule has 1 N–H and O–H groups in total. The first kappa shape index (κ1) is 15.7. The number of aliphatic hydroxyl groups excluding tert-OH is 1. The summed E-state index contributed by atoms with van der Waals surface area (Å²) in [6.07, 6.45) is 0. The molecule has 1 heterocycles. The van der Waals surface area contributed by atoms with E-state index in [1.807, 2.05) is 29.6 Å². The van der Waals surface area contributed by atoms with Crippen molar-refractivity contribution in [3.8, 4) is 11.3 Å². The molecule has 0 radical (unpaired) electrons. The van der Waals surface area contributed by atoms with E-state index in [-0.39, 0.29) is 12.0 Å². The summed E-state index contributed by atoms with van der Waals surface area (Å²) >= 11 is 1.58. The zero-order chi connectivity index (χ0) is 15.5. The molecular weight excluding hydrogens is 282 g/mol. The highest BCUT2D eigenvalue weighted by molar-refractivity contribution is 7.09. The zero-order valence-electron chi connectivity index (χ0n) is 12.7. The second kappa shape index (κ2) is 6.41. The van der Waals surface area contributed by atoms with Gasteiger partial charge in [-0.15, -0.1) is 11.3 Å². The maximum absolute atomic E-state index is 9.05. The topological polar surface area (TPSA) is 42.4 Å². The first-order chi connectivity index (χ1) is 9.90. The summed E-state index contributed by atoms with van der Waals surface area (Å²) in [6, 6.07) is 7.76. The van der Waals surface area contributed by atoms with Crippen LogP contribution in [0.3, 0.4) is 0 Å². The number of ether oxygens (including phenoxy) is 1. The molecule has 4 heteroatoms. The predicted octanol–water partition coefficient (Wildman–Crippen LogP) is 4.38. The van der Waals surface area contributed by atoms with E-state index in [0.29, 0.717) is 6.61 Å². The van der Waals surface area contributed by atoms with Gasteiger partial charge in [-0.1, -0.05) is 51.6 Å². The molecule has 21 heavy (non-hydrogen) atoms. The molecule has 1 aromatic heterocycles. The fourth-order valence-corrected chi connectivity index (χ4v) is 2.37. The second-order valence-corrected chi connectivity index (χ2v) is 6.89. The minimum absolute atomic E-state index is 0.0553. The lowest BCUT2D eigenvalue weighted by Crippen LogP contribution is -2.11. The van der Waals surface area contributed by atoms with Crippen LogP contribution in [0.1, 0.15) is 31.3 Å². The second-order valence-electron chi connectivity index (χ2n) is 5.94. The first-order valence-corrected chi connectivity index (χ1v) is 7.75. The van der Waals surface area contributed by atoms with E-state index in [1.165, 1.54) is 0 Å². The van der Waals surface area contributed by atoms with E-state index in [2.05, 4.69) is 32.3 Å². The summed E-state index contributed by atoms with van der Waals surface area (Å²) in [6.45, 7) is 10.7. The van der Waals surface area contributed by atoms with Gasteiger partial charge in [0, 0.05) is 16.4 Å². The van der Waals surface area contributed by atoms with Gasteiger partial charge in [0.2, 0.25) is 0 Å². The highest BCUT2D eigenvalue weighted by Gasteiger charge is 2.17. The summed E-state index contributed by atoms with van der Waals surface area (Å²) in [5, 5.41) is 12.0. The van der Waals surface area contributed by atoms with Gasteiger partial charge in [-0.25, -0.2) is 4.98 Å². The van der Waals surface area contributed by atoms with E-state index in [0.717, 1.165) is 27.6 Å². The van der Waals surface area contributed by atoms with Crippen LogP contribution in [0.5, 0.6) is 0 Å². The number of nitrogens with zero attached hydrogens (tertiary/aromatic N) is 1. The number of benzene rings is 1. The molecule has 3 nitrogen and oxygen atoms in total. The van der Waals surface area contributed by atoms with E-state index in [1.54, 1.807) is 11.3 Å². The monoisotopic (exact) mass is 303 g/mol. The lowest BCUT2D eigenvalue weighted by molar-refractivity contribution is 0.141. The molecule has 0 atom stereocenters. The van der Waals surface area contributed by atoms with Gasteiger partial charge in [0.1, 0.15) is 11.6 Å². The van der Waals surface area contributed by atoms with E-state index >= 15 is 0 Å². The minimum atomic E-state index is -0.0553. The SMILES string of the molecule is C=C(OCc1nc(-c2ccc(CO)cc2)cs1)C(C)(C)C. The smallest absolute Gasteiger partial charge is 0.139 e. The van der Waals surface area contributed by atoms with Gasteiger partial charge in [-0.3, -0.25) is 0 Å². The number of hydrogen-bond donors (Lipinski definition) is 1. The zero-order valence-corrected chi connectivity index (χ0v) is 13.5. The van der Waals surface area contributed by atoms with Gasteiger partial charge in [-0.2, -0.15) is 0 Å². The van der Waals surface area contributed by atoms with Crippen molar-refractivity contribution in [3.63, 3.8) is 0 Å². The number of aliphatic hydroxyl groups is 1. The van der Waals surface area contributed by atoms with Crippen molar-refractivity contribution in [3.05, 3.63) is 52.6 Å². The summed E-state index contributed by atoms with van der Waals surface area (Å²) in [5.74, 6) is 0.770. The average Bonchev–Trinajstić information content (AvgIpc) is 2.92. The summed E-state index contributed by atoms with van der Waals surface area (Å²) < 4.78 is 5.70. The molecule has 0 aliphatic rings. The first-order valence-electron chi connectivity index (χ1n) is 6.87. The van der Waals surface area contributed by atoms with Crippen LogP contribution in [-0.2, 0) is 18.0 Å². The van der Waals surface area contributed by atoms with Gasteiger partial charge >= 0.3 is 0 Å². The molecule has 0 bridgehead atoms. The van der Waals surface area contributed by atoms with Crippen LogP contribution >= 0.6 is 11.3 Å². The Labute approximate surface area is 129 Å². The van der Waals surface area contributed by atoms with Crippen molar-refractivity contribution in [2.45, 2.75) is 34.0 Å². The van der Waals surface area contributed by atoms with Gasteiger partial charge < -0.3 is 9.84 Å². The Morgan fingerprint density at radius 2 is 1.95 bits per heavy atom. The predicted molar refractivity (Wildman–Crippen MR) is 86.9 cm³/mol. The van der Waals surface area contributed by atoms with Crippen LogP contribution in [0.2, 0.25) is 0 Å². The summed E-state index contributed by atoms with van der Waals surface area (Å²) in [4.78, 5) is 4.58. The van der Waals surface area contributed by atoms with Crippen molar-refractivity contribution >= 4 is 11.3 Å². The van der Waals surface area contributed by atoms with Crippen molar-refractivity contribution in [2.75, 3.05) is 0 Å².